The Morgan fingerprint density at radius 3 is 2.75 bits per heavy atom. The van der Waals surface area contributed by atoms with E-state index in [-0.39, 0.29) is 12.0 Å². The van der Waals surface area contributed by atoms with Gasteiger partial charge in [0.25, 0.3) is 0 Å². The molecule has 0 radical (unpaired) electrons. The Morgan fingerprint density at radius 1 is 1.10 bits per heavy atom. The molecule has 1 amide bonds. The van der Waals surface area contributed by atoms with Crippen LogP contribution in [0.25, 0.3) is 0 Å². The average Bonchev–Trinajstić information content (AvgIpc) is 2.45. The Bertz CT molecular complexity index is 350. The fraction of sp³-hybridized carbons (Fsp3) is 0.938. The predicted molar refractivity (Wildman–Crippen MR) is 80.3 cm³/mol. The maximum atomic E-state index is 12.8. The standard InChI is InChI=1S/C16H29N3O/c1-12-8-13(10-14(17)9-12)16(20)19-7-6-18-5-3-2-4-15(18)11-19/h12-15H,2-11,17H2,1H3. The third-order valence-electron chi connectivity index (χ3n) is 5.48. The molecule has 4 atom stereocenters. The molecule has 0 aromatic carbocycles. The third-order valence-corrected chi connectivity index (χ3v) is 5.48. The number of carbonyl (C=O) groups excluding carboxylic acids is 1. The second-order valence-corrected chi connectivity index (χ2v) is 7.24. The Labute approximate surface area is 122 Å². The predicted octanol–water partition coefficient (Wildman–Crippen LogP) is 1.45. The van der Waals surface area contributed by atoms with E-state index >= 15 is 0 Å². The molecule has 0 bridgehead atoms. The first kappa shape index (κ1) is 14.3. The van der Waals surface area contributed by atoms with E-state index < -0.39 is 0 Å². The quantitative estimate of drug-likeness (QED) is 0.790. The van der Waals surface area contributed by atoms with E-state index in [2.05, 4.69) is 16.7 Å². The molecule has 114 valence electrons. The van der Waals surface area contributed by atoms with E-state index in [1.807, 2.05) is 0 Å². The van der Waals surface area contributed by atoms with Crippen LogP contribution in [0.2, 0.25) is 0 Å². The highest BCUT2D eigenvalue weighted by molar-refractivity contribution is 5.79. The van der Waals surface area contributed by atoms with Crippen molar-refractivity contribution in [2.24, 2.45) is 17.6 Å². The SMILES string of the molecule is CC1CC(N)CC(C(=O)N2CCN3CCCCC3C2)C1. The van der Waals surface area contributed by atoms with Gasteiger partial charge in [-0.15, -0.1) is 0 Å². The van der Waals surface area contributed by atoms with Crippen LogP contribution in [0.15, 0.2) is 0 Å². The van der Waals surface area contributed by atoms with Crippen LogP contribution >= 0.6 is 0 Å². The lowest BCUT2D eigenvalue weighted by Gasteiger charge is -2.45. The maximum Gasteiger partial charge on any atom is 0.225 e. The summed E-state index contributed by atoms with van der Waals surface area (Å²) < 4.78 is 0. The number of piperidine rings is 1. The topological polar surface area (TPSA) is 49.6 Å². The van der Waals surface area contributed by atoms with Gasteiger partial charge in [-0.25, -0.2) is 0 Å². The summed E-state index contributed by atoms with van der Waals surface area (Å²) >= 11 is 0. The number of carbonyl (C=O) groups is 1. The summed E-state index contributed by atoms with van der Waals surface area (Å²) in [6, 6.07) is 0.847. The number of hydrogen-bond acceptors (Lipinski definition) is 3. The van der Waals surface area contributed by atoms with Crippen LogP contribution in [0.5, 0.6) is 0 Å². The first-order valence-electron chi connectivity index (χ1n) is 8.42. The third kappa shape index (κ3) is 3.01. The van der Waals surface area contributed by atoms with Crippen molar-refractivity contribution in [1.82, 2.24) is 9.80 Å². The van der Waals surface area contributed by atoms with Gasteiger partial charge in [0.05, 0.1) is 0 Å². The van der Waals surface area contributed by atoms with Crippen LogP contribution in [-0.4, -0.2) is 54.0 Å². The maximum absolute atomic E-state index is 12.8. The molecule has 2 heterocycles. The second kappa shape index (κ2) is 6.02. The van der Waals surface area contributed by atoms with Crippen molar-refractivity contribution in [3.63, 3.8) is 0 Å². The zero-order valence-corrected chi connectivity index (χ0v) is 12.8. The molecule has 0 aromatic rings. The van der Waals surface area contributed by atoms with E-state index in [1.54, 1.807) is 0 Å². The van der Waals surface area contributed by atoms with E-state index in [4.69, 9.17) is 5.73 Å². The molecule has 1 saturated carbocycles. The fourth-order valence-electron chi connectivity index (χ4n) is 4.47. The van der Waals surface area contributed by atoms with Gasteiger partial charge in [0.15, 0.2) is 0 Å². The van der Waals surface area contributed by atoms with E-state index in [0.717, 1.165) is 38.9 Å². The van der Waals surface area contributed by atoms with Crippen molar-refractivity contribution in [2.45, 2.75) is 57.5 Å². The van der Waals surface area contributed by atoms with Gasteiger partial charge in [-0.05, 0) is 44.6 Å². The molecule has 4 nitrogen and oxygen atoms in total. The summed E-state index contributed by atoms with van der Waals surface area (Å²) in [6.07, 6.45) is 6.95. The summed E-state index contributed by atoms with van der Waals surface area (Å²) in [5, 5.41) is 0. The summed E-state index contributed by atoms with van der Waals surface area (Å²) in [7, 11) is 0. The molecule has 2 N–H and O–H groups in total. The van der Waals surface area contributed by atoms with Crippen molar-refractivity contribution in [3.8, 4) is 0 Å². The molecule has 3 rings (SSSR count). The lowest BCUT2D eigenvalue weighted by Crippen LogP contribution is -2.57. The van der Waals surface area contributed by atoms with Crippen molar-refractivity contribution in [2.75, 3.05) is 26.2 Å². The second-order valence-electron chi connectivity index (χ2n) is 7.24. The first-order valence-corrected chi connectivity index (χ1v) is 8.42. The highest BCUT2D eigenvalue weighted by Gasteiger charge is 2.36. The molecule has 3 aliphatic rings. The molecule has 0 aromatic heterocycles. The highest BCUT2D eigenvalue weighted by Crippen LogP contribution is 2.30. The molecule has 4 heteroatoms. The van der Waals surface area contributed by atoms with Gasteiger partial charge >= 0.3 is 0 Å². The van der Waals surface area contributed by atoms with Gasteiger partial charge in [-0.2, -0.15) is 0 Å². The largest absolute Gasteiger partial charge is 0.340 e. The number of fused-ring (bicyclic) bond motifs is 1. The van der Waals surface area contributed by atoms with Crippen LogP contribution in [0.1, 0.15) is 45.4 Å². The van der Waals surface area contributed by atoms with Crippen molar-refractivity contribution in [3.05, 3.63) is 0 Å². The van der Waals surface area contributed by atoms with Crippen molar-refractivity contribution in [1.29, 1.82) is 0 Å². The number of nitrogens with zero attached hydrogens (tertiary/aromatic N) is 2. The van der Waals surface area contributed by atoms with Crippen molar-refractivity contribution < 1.29 is 4.79 Å². The average molecular weight is 279 g/mol. The Hall–Kier alpha value is -0.610. The van der Waals surface area contributed by atoms with Crippen LogP contribution in [0.3, 0.4) is 0 Å². The molecule has 2 aliphatic heterocycles. The monoisotopic (exact) mass is 279 g/mol. The van der Waals surface area contributed by atoms with Crippen LogP contribution in [-0.2, 0) is 4.79 Å². The lowest BCUT2D eigenvalue weighted by atomic mass is 9.79. The first-order chi connectivity index (χ1) is 9.63. The number of piperazine rings is 1. The minimum Gasteiger partial charge on any atom is -0.340 e. The van der Waals surface area contributed by atoms with Crippen molar-refractivity contribution >= 4 is 5.91 Å². The van der Waals surface area contributed by atoms with Gasteiger partial charge in [-0.3, -0.25) is 9.69 Å². The minimum absolute atomic E-state index is 0.184. The Balaban J connectivity index is 1.59. The Morgan fingerprint density at radius 2 is 1.95 bits per heavy atom. The molecular weight excluding hydrogens is 250 g/mol. The van der Waals surface area contributed by atoms with Gasteiger partial charge < -0.3 is 10.6 Å². The number of rotatable bonds is 1. The highest BCUT2D eigenvalue weighted by atomic mass is 16.2. The Kier molecular flexibility index (Phi) is 4.32. The zero-order chi connectivity index (χ0) is 14.1. The van der Waals surface area contributed by atoms with Crippen LogP contribution < -0.4 is 5.73 Å². The number of amides is 1. The van der Waals surface area contributed by atoms with Gasteiger partial charge in [-0.1, -0.05) is 13.3 Å². The molecule has 2 saturated heterocycles. The minimum atomic E-state index is 0.184. The summed E-state index contributed by atoms with van der Waals surface area (Å²) in [6.45, 7) is 6.43. The molecule has 3 fully saturated rings. The van der Waals surface area contributed by atoms with Gasteiger partial charge in [0.2, 0.25) is 5.91 Å². The van der Waals surface area contributed by atoms with Gasteiger partial charge in [0.1, 0.15) is 0 Å². The summed E-state index contributed by atoms with van der Waals surface area (Å²) in [5.74, 6) is 1.17. The lowest BCUT2D eigenvalue weighted by molar-refractivity contribution is -0.140. The number of nitrogens with two attached hydrogens (primary N) is 1. The zero-order valence-electron chi connectivity index (χ0n) is 12.8. The summed E-state index contributed by atoms with van der Waals surface area (Å²) in [5.41, 5.74) is 6.11. The molecule has 1 aliphatic carbocycles. The molecule has 4 unspecified atom stereocenters. The molecule has 20 heavy (non-hydrogen) atoms. The summed E-state index contributed by atoms with van der Waals surface area (Å²) in [4.78, 5) is 17.5. The van der Waals surface area contributed by atoms with Crippen LogP contribution in [0, 0.1) is 11.8 Å². The van der Waals surface area contributed by atoms with E-state index in [1.165, 1.54) is 25.8 Å². The smallest absolute Gasteiger partial charge is 0.225 e. The van der Waals surface area contributed by atoms with Crippen LogP contribution in [0.4, 0.5) is 0 Å². The van der Waals surface area contributed by atoms with E-state index in [0.29, 0.717) is 17.9 Å². The normalized spacial score (nSPS) is 39.4. The molecule has 0 spiro atoms. The van der Waals surface area contributed by atoms with E-state index in [9.17, 15) is 4.79 Å². The molecular formula is C16H29N3O. The van der Waals surface area contributed by atoms with Gasteiger partial charge in [0, 0.05) is 37.6 Å². The number of hydrogen-bond donors (Lipinski definition) is 1. The fourth-order valence-corrected chi connectivity index (χ4v) is 4.47.